The minimum absolute atomic E-state index is 0.0262. The monoisotopic (exact) mass is 380 g/mol. The molecule has 1 fully saturated rings. The molecule has 0 aromatic heterocycles. The van der Waals surface area contributed by atoms with E-state index in [1.54, 1.807) is 7.11 Å². The largest absolute Gasteiger partial charge is 0.396 e. The summed E-state index contributed by atoms with van der Waals surface area (Å²) in [6.07, 6.45) is 1.50. The molecule has 0 amide bonds. The Bertz CT molecular complexity index is 653. The van der Waals surface area contributed by atoms with Gasteiger partial charge in [0.2, 0.25) is 10.0 Å². The van der Waals surface area contributed by atoms with Crippen LogP contribution in [0.15, 0.2) is 21.5 Å². The van der Waals surface area contributed by atoms with Crippen molar-refractivity contribution in [3.8, 4) is 0 Å². The molecule has 8 heteroatoms. The minimum Gasteiger partial charge on any atom is -0.396 e. The maximum absolute atomic E-state index is 13.4. The number of nitrogens with zero attached hydrogens (tertiary/aromatic N) is 1. The molecule has 1 aliphatic heterocycles. The topological polar surface area (TPSA) is 72.6 Å². The maximum Gasteiger partial charge on any atom is 0.244 e. The Morgan fingerprint density at radius 2 is 2.14 bits per heavy atom. The van der Waals surface area contributed by atoms with Gasteiger partial charge < -0.3 is 10.5 Å². The van der Waals surface area contributed by atoms with Gasteiger partial charge >= 0.3 is 0 Å². The molecule has 1 unspecified atom stereocenters. The van der Waals surface area contributed by atoms with Crippen LogP contribution in [0.25, 0.3) is 0 Å². The van der Waals surface area contributed by atoms with Crippen molar-refractivity contribution in [2.45, 2.75) is 30.3 Å². The Kier molecular flexibility index (Phi) is 4.63. The van der Waals surface area contributed by atoms with Gasteiger partial charge in [0.05, 0.1) is 16.2 Å². The van der Waals surface area contributed by atoms with Gasteiger partial charge in [-0.15, -0.1) is 0 Å². The van der Waals surface area contributed by atoms with Crippen molar-refractivity contribution >= 4 is 31.6 Å². The lowest BCUT2D eigenvalue weighted by Gasteiger charge is -2.38. The van der Waals surface area contributed by atoms with Crippen LogP contribution in [0.5, 0.6) is 0 Å². The van der Waals surface area contributed by atoms with Crippen molar-refractivity contribution < 1.29 is 17.5 Å². The third-order valence-corrected chi connectivity index (χ3v) is 6.59. The minimum atomic E-state index is -3.75. The smallest absolute Gasteiger partial charge is 0.244 e. The molecule has 118 valence electrons. The lowest BCUT2D eigenvalue weighted by Crippen LogP contribution is -2.49. The van der Waals surface area contributed by atoms with E-state index >= 15 is 0 Å². The summed E-state index contributed by atoms with van der Waals surface area (Å²) in [6.45, 7) is 2.54. The van der Waals surface area contributed by atoms with Gasteiger partial charge in [0.1, 0.15) is 5.82 Å². The number of anilines is 1. The van der Waals surface area contributed by atoms with Crippen LogP contribution >= 0.6 is 15.9 Å². The van der Waals surface area contributed by atoms with E-state index in [1.807, 2.05) is 6.92 Å². The number of nitrogens with two attached hydrogens (primary N) is 1. The van der Waals surface area contributed by atoms with Crippen molar-refractivity contribution in [1.29, 1.82) is 0 Å². The van der Waals surface area contributed by atoms with E-state index in [0.29, 0.717) is 13.0 Å². The van der Waals surface area contributed by atoms with Gasteiger partial charge in [-0.3, -0.25) is 0 Å². The van der Waals surface area contributed by atoms with Gasteiger partial charge in [0.15, 0.2) is 0 Å². The second kappa shape index (κ2) is 5.83. The van der Waals surface area contributed by atoms with Crippen LogP contribution in [0.2, 0.25) is 0 Å². The van der Waals surface area contributed by atoms with E-state index in [-0.39, 0.29) is 21.6 Å². The molecule has 2 rings (SSSR count). The van der Waals surface area contributed by atoms with E-state index in [1.165, 1.54) is 4.31 Å². The predicted octanol–water partition coefficient (Wildman–Crippen LogP) is 2.36. The molecule has 0 aliphatic carbocycles. The third kappa shape index (κ3) is 3.23. The summed E-state index contributed by atoms with van der Waals surface area (Å²) >= 11 is 3.10. The summed E-state index contributed by atoms with van der Waals surface area (Å²) in [7, 11) is -2.18. The molecule has 1 atom stereocenters. The number of benzene rings is 1. The summed E-state index contributed by atoms with van der Waals surface area (Å²) in [6, 6.07) is 2.22. The number of halogens is 2. The maximum atomic E-state index is 13.4. The van der Waals surface area contributed by atoms with E-state index < -0.39 is 21.4 Å². The van der Waals surface area contributed by atoms with Crippen LogP contribution in [-0.4, -0.2) is 38.5 Å². The van der Waals surface area contributed by atoms with Crippen molar-refractivity contribution in [2.24, 2.45) is 0 Å². The Labute approximate surface area is 132 Å². The van der Waals surface area contributed by atoms with Gasteiger partial charge in [-0.05, 0) is 47.8 Å². The van der Waals surface area contributed by atoms with Gasteiger partial charge in [0.25, 0.3) is 0 Å². The standard InChI is InChI=1S/C13H18BrFN2O3S/c1-13(20-2)4-3-5-17(8-13)21(18,19)12-7-11(16)10(15)6-9(12)14/h6-7H,3-5,8,16H2,1-2H3. The molecule has 1 heterocycles. The molecule has 1 aliphatic rings. The molecule has 1 saturated heterocycles. The first-order valence-corrected chi connectivity index (χ1v) is 8.73. The molecule has 0 saturated carbocycles. The van der Waals surface area contributed by atoms with Crippen LogP contribution in [-0.2, 0) is 14.8 Å². The van der Waals surface area contributed by atoms with E-state index in [2.05, 4.69) is 15.9 Å². The van der Waals surface area contributed by atoms with E-state index in [4.69, 9.17) is 10.5 Å². The number of rotatable bonds is 3. The quantitative estimate of drug-likeness (QED) is 0.816. The lowest BCUT2D eigenvalue weighted by atomic mass is 9.96. The number of hydrogen-bond donors (Lipinski definition) is 1. The fourth-order valence-electron chi connectivity index (χ4n) is 2.41. The Balaban J connectivity index is 2.41. The number of hydrogen-bond acceptors (Lipinski definition) is 4. The zero-order chi connectivity index (χ0) is 15.8. The van der Waals surface area contributed by atoms with Crippen molar-refractivity contribution in [1.82, 2.24) is 4.31 Å². The second-order valence-corrected chi connectivity index (χ2v) is 8.16. The number of nitrogen functional groups attached to an aromatic ring is 1. The Morgan fingerprint density at radius 3 is 2.76 bits per heavy atom. The van der Waals surface area contributed by atoms with Crippen molar-refractivity contribution in [3.63, 3.8) is 0 Å². The first-order chi connectivity index (χ1) is 9.69. The third-order valence-electron chi connectivity index (χ3n) is 3.79. The van der Waals surface area contributed by atoms with Crippen LogP contribution in [0.4, 0.5) is 10.1 Å². The zero-order valence-corrected chi connectivity index (χ0v) is 14.3. The average molecular weight is 381 g/mol. The fourth-order valence-corrected chi connectivity index (χ4v) is 5.01. The van der Waals surface area contributed by atoms with Crippen LogP contribution in [0, 0.1) is 5.82 Å². The highest BCUT2D eigenvalue weighted by atomic mass is 79.9. The second-order valence-electron chi connectivity index (χ2n) is 5.40. The van der Waals surface area contributed by atoms with Crippen molar-refractivity contribution in [3.05, 3.63) is 22.4 Å². The molecule has 0 bridgehead atoms. The SMILES string of the molecule is COC1(C)CCCN(S(=O)(=O)c2cc(N)c(F)cc2Br)C1. The van der Waals surface area contributed by atoms with Crippen LogP contribution in [0.3, 0.4) is 0 Å². The van der Waals surface area contributed by atoms with Gasteiger partial charge in [-0.25, -0.2) is 12.8 Å². The Morgan fingerprint density at radius 1 is 1.48 bits per heavy atom. The molecule has 5 nitrogen and oxygen atoms in total. The highest BCUT2D eigenvalue weighted by Crippen LogP contribution is 2.33. The van der Waals surface area contributed by atoms with Gasteiger partial charge in [-0.1, -0.05) is 0 Å². The van der Waals surface area contributed by atoms with Crippen LogP contribution in [0.1, 0.15) is 19.8 Å². The summed E-state index contributed by atoms with van der Waals surface area (Å²) in [4.78, 5) is -0.0262. The molecular weight excluding hydrogens is 363 g/mol. The van der Waals surface area contributed by atoms with Gasteiger partial charge in [-0.2, -0.15) is 4.31 Å². The summed E-state index contributed by atoms with van der Waals surface area (Å²) in [5.41, 5.74) is 4.79. The Hall–Kier alpha value is -0.700. The number of methoxy groups -OCH3 is 1. The normalized spacial score (nSPS) is 24.2. The highest BCUT2D eigenvalue weighted by Gasteiger charge is 2.37. The molecule has 21 heavy (non-hydrogen) atoms. The number of ether oxygens (including phenoxy) is 1. The molecule has 0 radical (unpaired) electrons. The highest BCUT2D eigenvalue weighted by molar-refractivity contribution is 9.10. The van der Waals surface area contributed by atoms with Crippen molar-refractivity contribution in [2.75, 3.05) is 25.9 Å². The molecule has 1 aromatic rings. The number of piperidine rings is 1. The van der Waals surface area contributed by atoms with Gasteiger partial charge in [0, 0.05) is 24.7 Å². The van der Waals surface area contributed by atoms with E-state index in [0.717, 1.165) is 18.6 Å². The average Bonchev–Trinajstić information content (AvgIpc) is 2.42. The summed E-state index contributed by atoms with van der Waals surface area (Å²) in [5.74, 6) is -0.652. The molecule has 1 aromatic carbocycles. The molecule has 2 N–H and O–H groups in total. The summed E-state index contributed by atoms with van der Waals surface area (Å²) in [5, 5.41) is 0. The first-order valence-electron chi connectivity index (χ1n) is 6.49. The molecule has 0 spiro atoms. The zero-order valence-electron chi connectivity index (χ0n) is 11.9. The lowest BCUT2D eigenvalue weighted by molar-refractivity contribution is -0.0319. The van der Waals surface area contributed by atoms with Crippen LogP contribution < -0.4 is 5.73 Å². The summed E-state index contributed by atoms with van der Waals surface area (Å²) < 4.78 is 45.8. The fraction of sp³-hybridized carbons (Fsp3) is 0.538. The number of sulfonamides is 1. The predicted molar refractivity (Wildman–Crippen MR) is 81.9 cm³/mol. The van der Waals surface area contributed by atoms with E-state index in [9.17, 15) is 12.8 Å². The molecular formula is C13H18BrFN2O3S. The first kappa shape index (κ1) is 16.7.